The Morgan fingerprint density at radius 3 is 2.60 bits per heavy atom. The van der Waals surface area contributed by atoms with E-state index in [0.29, 0.717) is 36.7 Å². The zero-order chi connectivity index (χ0) is 30.7. The molecule has 0 aliphatic carbocycles. The van der Waals surface area contributed by atoms with Crippen LogP contribution in [0.3, 0.4) is 0 Å². The van der Waals surface area contributed by atoms with Gasteiger partial charge in [-0.2, -0.15) is 18.2 Å². The summed E-state index contributed by atoms with van der Waals surface area (Å²) in [5.74, 6) is -1.61. The lowest BCUT2D eigenvalue weighted by Crippen LogP contribution is -2.52. The molecule has 224 valence electrons. The number of carboxylic acid groups (broad SMARTS) is 1. The quantitative estimate of drug-likeness (QED) is 0.210. The number of imidazole rings is 1. The van der Waals surface area contributed by atoms with Gasteiger partial charge in [0.15, 0.2) is 17.3 Å². The third-order valence-electron chi connectivity index (χ3n) is 7.23. The van der Waals surface area contributed by atoms with E-state index in [-0.39, 0.29) is 42.1 Å². The lowest BCUT2D eigenvalue weighted by molar-refractivity contribution is -0.255. The zero-order valence-electron chi connectivity index (χ0n) is 23.0. The predicted octanol–water partition coefficient (Wildman–Crippen LogP) is 4.12. The lowest BCUT2D eigenvalue weighted by Gasteiger charge is -2.40. The molecule has 2 aromatic carbocycles. The van der Waals surface area contributed by atoms with Crippen LogP contribution < -0.4 is 14.7 Å². The molecule has 0 unspecified atom stereocenters. The molecule has 0 saturated carbocycles. The highest BCUT2D eigenvalue weighted by Gasteiger charge is 2.30. The number of halogens is 4. The van der Waals surface area contributed by atoms with Crippen molar-refractivity contribution in [3.05, 3.63) is 82.8 Å². The molecule has 0 amide bonds. The highest BCUT2D eigenvalue weighted by atomic mass is 19.4. The number of carbonyl (C=O) groups is 1. The van der Waals surface area contributed by atoms with Crippen molar-refractivity contribution in [1.29, 1.82) is 0 Å². The number of hydrogen-bond acceptors (Lipinski definition) is 8. The fourth-order valence-electron chi connectivity index (χ4n) is 4.96. The first-order chi connectivity index (χ1) is 20.5. The molecular formula is C29H26F4N7O3-. The van der Waals surface area contributed by atoms with E-state index in [9.17, 15) is 27.5 Å². The van der Waals surface area contributed by atoms with E-state index in [1.54, 1.807) is 29.2 Å². The number of rotatable bonds is 9. The van der Waals surface area contributed by atoms with Gasteiger partial charge in [0, 0.05) is 32.2 Å². The first-order valence-electron chi connectivity index (χ1n) is 13.4. The van der Waals surface area contributed by atoms with E-state index in [1.807, 2.05) is 11.8 Å². The lowest BCUT2D eigenvalue weighted by atomic mass is 10.2. The van der Waals surface area contributed by atoms with Gasteiger partial charge in [0.05, 0.1) is 42.7 Å². The van der Waals surface area contributed by atoms with Crippen LogP contribution in [0.15, 0.2) is 48.7 Å². The molecule has 3 heterocycles. The van der Waals surface area contributed by atoms with Crippen molar-refractivity contribution in [1.82, 2.24) is 24.4 Å². The van der Waals surface area contributed by atoms with Crippen molar-refractivity contribution < 1.29 is 32.2 Å². The smallest absolute Gasteiger partial charge is 0.390 e. The van der Waals surface area contributed by atoms with E-state index >= 15 is 0 Å². The highest BCUT2D eigenvalue weighted by Crippen LogP contribution is 2.27. The second kappa shape index (κ2) is 12.2. The van der Waals surface area contributed by atoms with Crippen LogP contribution in [0.1, 0.15) is 35.1 Å². The molecule has 10 nitrogen and oxygen atoms in total. The molecule has 1 fully saturated rings. The molecule has 0 N–H and O–H groups in total. The maximum Gasteiger partial charge on any atom is 0.390 e. The predicted molar refractivity (Wildman–Crippen MR) is 146 cm³/mol. The van der Waals surface area contributed by atoms with E-state index in [4.69, 9.17) is 11.3 Å². The Morgan fingerprint density at radius 2 is 1.93 bits per heavy atom. The van der Waals surface area contributed by atoms with Crippen LogP contribution in [0, 0.1) is 12.4 Å². The normalized spacial score (nSPS) is 15.9. The van der Waals surface area contributed by atoms with Crippen LogP contribution in [0.2, 0.25) is 0 Å². The van der Waals surface area contributed by atoms with Crippen LogP contribution in [-0.2, 0) is 19.7 Å². The Balaban J connectivity index is 1.29. The number of alkyl halides is 3. The molecule has 0 bridgehead atoms. The SMILES string of the molecule is [C-]#[N+]c1ccc(COc2ncc(F)c(N3CCN(Cc4nc5ccc(C(=O)[O-])cc5n4CCC(F)(F)F)[C@@H](C)C3)n2)cc1. The second-order valence-corrected chi connectivity index (χ2v) is 10.2. The zero-order valence-corrected chi connectivity index (χ0v) is 23.0. The van der Waals surface area contributed by atoms with Gasteiger partial charge >= 0.3 is 12.2 Å². The number of aromatic carboxylic acids is 1. The third kappa shape index (κ3) is 7.00. The summed E-state index contributed by atoms with van der Waals surface area (Å²) in [5.41, 5.74) is 1.81. The Labute approximate surface area is 244 Å². The van der Waals surface area contributed by atoms with Crippen LogP contribution in [-0.4, -0.2) is 62.2 Å². The van der Waals surface area contributed by atoms with Crippen molar-refractivity contribution in [2.24, 2.45) is 0 Å². The molecule has 4 aromatic rings. The molecule has 1 saturated heterocycles. The van der Waals surface area contributed by atoms with E-state index in [2.05, 4.69) is 19.8 Å². The fraction of sp³-hybridized carbons (Fsp3) is 0.345. The van der Waals surface area contributed by atoms with Gasteiger partial charge in [0.25, 0.3) is 0 Å². The van der Waals surface area contributed by atoms with Crippen LogP contribution >= 0.6 is 0 Å². The number of aromatic nitrogens is 4. The van der Waals surface area contributed by atoms with Crippen LogP contribution in [0.5, 0.6) is 6.01 Å². The summed E-state index contributed by atoms with van der Waals surface area (Å²) in [6, 6.07) is 10.7. The average Bonchev–Trinajstić information content (AvgIpc) is 3.32. The van der Waals surface area contributed by atoms with E-state index in [0.717, 1.165) is 11.8 Å². The molecule has 5 rings (SSSR count). The molecule has 43 heavy (non-hydrogen) atoms. The fourth-order valence-corrected chi connectivity index (χ4v) is 4.96. The average molecular weight is 597 g/mol. The van der Waals surface area contributed by atoms with Gasteiger partial charge < -0.3 is 24.1 Å². The van der Waals surface area contributed by atoms with Gasteiger partial charge in [0.1, 0.15) is 12.4 Å². The minimum absolute atomic E-state index is 0.00458. The number of piperazine rings is 1. The van der Waals surface area contributed by atoms with Crippen molar-refractivity contribution >= 4 is 28.5 Å². The molecular weight excluding hydrogens is 570 g/mol. The minimum atomic E-state index is -4.41. The number of nitrogens with zero attached hydrogens (tertiary/aromatic N) is 7. The number of carboxylic acids is 1. The Hall–Kier alpha value is -4.77. The van der Waals surface area contributed by atoms with Gasteiger partial charge in [-0.25, -0.2) is 19.2 Å². The van der Waals surface area contributed by atoms with E-state index in [1.165, 1.54) is 22.8 Å². The summed E-state index contributed by atoms with van der Waals surface area (Å²) in [6.07, 6.45) is -4.47. The molecule has 1 aliphatic rings. The first kappa shape index (κ1) is 29.7. The van der Waals surface area contributed by atoms with Crippen LogP contribution in [0.4, 0.5) is 29.1 Å². The number of ether oxygens (including phenoxy) is 1. The van der Waals surface area contributed by atoms with Crippen molar-refractivity contribution in [3.63, 3.8) is 0 Å². The Kier molecular flexibility index (Phi) is 8.45. The van der Waals surface area contributed by atoms with Gasteiger partial charge in [-0.1, -0.05) is 30.3 Å². The number of hydrogen-bond donors (Lipinski definition) is 0. The maximum absolute atomic E-state index is 14.8. The number of fused-ring (bicyclic) bond motifs is 1. The molecule has 1 atom stereocenters. The van der Waals surface area contributed by atoms with Crippen LogP contribution in [0.25, 0.3) is 15.9 Å². The van der Waals surface area contributed by atoms with Gasteiger partial charge in [-0.15, -0.1) is 0 Å². The monoisotopic (exact) mass is 596 g/mol. The highest BCUT2D eigenvalue weighted by molar-refractivity contribution is 5.91. The summed E-state index contributed by atoms with van der Waals surface area (Å²) in [5, 5.41) is 11.4. The van der Waals surface area contributed by atoms with Crippen molar-refractivity contribution in [2.45, 2.75) is 45.3 Å². The molecule has 0 radical (unpaired) electrons. The Morgan fingerprint density at radius 1 is 1.16 bits per heavy atom. The summed E-state index contributed by atoms with van der Waals surface area (Å²) in [7, 11) is 0. The summed E-state index contributed by atoms with van der Waals surface area (Å²) < 4.78 is 61.2. The molecule has 1 aliphatic heterocycles. The van der Waals surface area contributed by atoms with Gasteiger partial charge in [0.2, 0.25) is 0 Å². The van der Waals surface area contributed by atoms with Crippen molar-refractivity contribution in [3.8, 4) is 6.01 Å². The Bertz CT molecular complexity index is 1670. The maximum atomic E-state index is 14.8. The molecule has 2 aromatic heterocycles. The number of benzene rings is 2. The standard InChI is InChI=1S/C29H27F4N7O3/c1-18-15-39(26-22(30)14-35-28(37-26)43-17-19-3-6-21(34-2)7-4-19)12-11-38(18)16-25-36-23-8-5-20(27(41)42)13-24(23)40(25)10-9-29(31,32)33/h3-8,13-14,18H,9-12,15-17H2,1H3,(H,41,42)/p-1/t18-/m0/s1. The molecule has 0 spiro atoms. The van der Waals surface area contributed by atoms with E-state index < -0.39 is 30.9 Å². The summed E-state index contributed by atoms with van der Waals surface area (Å²) >= 11 is 0. The minimum Gasteiger partial charge on any atom is -0.545 e. The summed E-state index contributed by atoms with van der Waals surface area (Å²) in [6.45, 7) is 10.0. The molecule has 14 heteroatoms. The summed E-state index contributed by atoms with van der Waals surface area (Å²) in [4.78, 5) is 31.2. The topological polar surface area (TPSA) is 104 Å². The van der Waals surface area contributed by atoms with Gasteiger partial charge in [-0.05, 0) is 30.2 Å². The number of carbonyl (C=O) groups excluding carboxylic acids is 1. The third-order valence-corrected chi connectivity index (χ3v) is 7.23. The number of aryl methyl sites for hydroxylation is 1. The van der Waals surface area contributed by atoms with Gasteiger partial charge in [-0.3, -0.25) is 4.90 Å². The first-order valence-corrected chi connectivity index (χ1v) is 13.4. The van der Waals surface area contributed by atoms with Crippen molar-refractivity contribution in [2.75, 3.05) is 24.5 Å². The number of anilines is 1. The second-order valence-electron chi connectivity index (χ2n) is 10.2. The largest absolute Gasteiger partial charge is 0.545 e.